The van der Waals surface area contributed by atoms with Gasteiger partial charge in [-0.3, -0.25) is 0 Å². The van der Waals surface area contributed by atoms with Crippen LogP contribution >= 0.6 is 11.6 Å². The highest BCUT2D eigenvalue weighted by Gasteiger charge is 2.14. The third kappa shape index (κ3) is 1.09. The maximum absolute atomic E-state index is 5.66. The fraction of sp³-hybridized carbons (Fsp3) is 0.500. The molecule has 1 rings (SSSR count). The first-order valence-corrected chi connectivity index (χ1v) is 3.41. The zero-order valence-corrected chi connectivity index (χ0v) is 6.64. The lowest BCUT2D eigenvalue weighted by molar-refractivity contribution is 0.436. The van der Waals surface area contributed by atoms with Gasteiger partial charge in [-0.05, 0) is 5.92 Å². The molecule has 56 valence electrons. The number of nitrogens with two attached hydrogens (primary N) is 1. The Hall–Kier alpha value is -0.700. The molecule has 10 heavy (non-hydrogen) atoms. The second-order valence-electron chi connectivity index (χ2n) is 2.41. The fourth-order valence-corrected chi connectivity index (χ4v) is 1.16. The maximum Gasteiger partial charge on any atom is 0.227 e. The van der Waals surface area contributed by atoms with Gasteiger partial charge in [0.25, 0.3) is 0 Å². The number of anilines is 1. The Labute approximate surface area is 64.1 Å². The molecule has 0 atom stereocenters. The number of hydrogen-bond acceptors (Lipinski definition) is 3. The summed E-state index contributed by atoms with van der Waals surface area (Å²) >= 11 is 5.66. The minimum atomic E-state index is 0.263. The summed E-state index contributed by atoms with van der Waals surface area (Å²) in [7, 11) is 0. The van der Waals surface area contributed by atoms with Crippen LogP contribution < -0.4 is 5.73 Å². The van der Waals surface area contributed by atoms with Gasteiger partial charge in [0.2, 0.25) is 5.88 Å². The van der Waals surface area contributed by atoms with Crippen LogP contribution in [-0.2, 0) is 0 Å². The smallest absolute Gasteiger partial charge is 0.227 e. The number of halogens is 1. The molecule has 1 aromatic heterocycles. The first-order valence-electron chi connectivity index (χ1n) is 3.03. The highest BCUT2D eigenvalue weighted by atomic mass is 35.5. The maximum atomic E-state index is 5.66. The minimum Gasteiger partial charge on any atom is -0.367 e. The zero-order valence-electron chi connectivity index (χ0n) is 5.89. The van der Waals surface area contributed by atoms with Crippen LogP contribution in [0.25, 0.3) is 0 Å². The van der Waals surface area contributed by atoms with Crippen LogP contribution in [0.5, 0.6) is 0 Å². The van der Waals surface area contributed by atoms with Crippen LogP contribution in [0.3, 0.4) is 0 Å². The molecule has 2 N–H and O–H groups in total. The largest absolute Gasteiger partial charge is 0.367 e. The highest BCUT2D eigenvalue weighted by Crippen LogP contribution is 2.28. The molecule has 0 amide bonds. The van der Waals surface area contributed by atoms with Gasteiger partial charge in [0.1, 0.15) is 0 Å². The second-order valence-corrected chi connectivity index (χ2v) is 2.76. The molecule has 1 aromatic rings. The van der Waals surface area contributed by atoms with Crippen molar-refractivity contribution < 1.29 is 4.52 Å². The van der Waals surface area contributed by atoms with E-state index in [0.717, 1.165) is 5.56 Å². The Kier molecular flexibility index (Phi) is 1.85. The van der Waals surface area contributed by atoms with Gasteiger partial charge in [-0.1, -0.05) is 30.6 Å². The molecule has 4 heteroatoms. The van der Waals surface area contributed by atoms with Gasteiger partial charge in [0.15, 0.2) is 5.15 Å². The molecule has 0 saturated heterocycles. The van der Waals surface area contributed by atoms with Gasteiger partial charge >= 0.3 is 0 Å². The van der Waals surface area contributed by atoms with Crippen molar-refractivity contribution >= 4 is 17.5 Å². The van der Waals surface area contributed by atoms with Crippen molar-refractivity contribution in [2.24, 2.45) is 0 Å². The Morgan fingerprint density at radius 3 is 2.40 bits per heavy atom. The van der Waals surface area contributed by atoms with Gasteiger partial charge in [-0.2, -0.15) is 0 Å². The summed E-state index contributed by atoms with van der Waals surface area (Å²) in [5.41, 5.74) is 6.22. The summed E-state index contributed by atoms with van der Waals surface area (Å²) in [6.45, 7) is 3.96. The first-order chi connectivity index (χ1) is 4.63. The second kappa shape index (κ2) is 2.50. The molecule has 0 fully saturated rings. The molecule has 0 aliphatic heterocycles. The van der Waals surface area contributed by atoms with E-state index >= 15 is 0 Å². The van der Waals surface area contributed by atoms with Gasteiger partial charge in [-0.15, -0.1) is 0 Å². The van der Waals surface area contributed by atoms with Crippen LogP contribution in [0.4, 0.5) is 5.88 Å². The van der Waals surface area contributed by atoms with E-state index in [9.17, 15) is 0 Å². The monoisotopic (exact) mass is 160 g/mol. The molecule has 0 aliphatic carbocycles. The molecule has 0 radical (unpaired) electrons. The van der Waals surface area contributed by atoms with Crippen molar-refractivity contribution in [3.8, 4) is 0 Å². The van der Waals surface area contributed by atoms with E-state index in [2.05, 4.69) is 9.68 Å². The Morgan fingerprint density at radius 2 is 2.20 bits per heavy atom. The minimum absolute atomic E-state index is 0.263. The zero-order chi connectivity index (χ0) is 7.72. The van der Waals surface area contributed by atoms with Gasteiger partial charge in [0.05, 0.1) is 5.56 Å². The van der Waals surface area contributed by atoms with E-state index < -0.39 is 0 Å². The van der Waals surface area contributed by atoms with Crippen molar-refractivity contribution in [2.75, 3.05) is 5.73 Å². The van der Waals surface area contributed by atoms with Crippen molar-refractivity contribution in [1.29, 1.82) is 0 Å². The normalized spacial score (nSPS) is 10.8. The van der Waals surface area contributed by atoms with Crippen molar-refractivity contribution in [3.63, 3.8) is 0 Å². The van der Waals surface area contributed by atoms with Crippen LogP contribution in [0.15, 0.2) is 4.52 Å². The predicted molar refractivity (Wildman–Crippen MR) is 40.0 cm³/mol. The lowest BCUT2D eigenvalue weighted by atomic mass is 10.1. The van der Waals surface area contributed by atoms with Crippen LogP contribution in [0.1, 0.15) is 25.3 Å². The predicted octanol–water partition coefficient (Wildman–Crippen LogP) is 2.03. The molecule has 0 bridgehead atoms. The van der Waals surface area contributed by atoms with E-state index in [4.69, 9.17) is 17.3 Å². The summed E-state index contributed by atoms with van der Waals surface area (Å²) in [5.74, 6) is 0.582. The Bertz CT molecular complexity index is 212. The van der Waals surface area contributed by atoms with Crippen LogP contribution in [0.2, 0.25) is 5.15 Å². The highest BCUT2D eigenvalue weighted by molar-refractivity contribution is 6.30. The summed E-state index contributed by atoms with van der Waals surface area (Å²) in [4.78, 5) is 0. The summed E-state index contributed by atoms with van der Waals surface area (Å²) in [6, 6.07) is 0. The van der Waals surface area contributed by atoms with E-state index in [1.165, 1.54) is 0 Å². The molecule has 0 unspecified atom stereocenters. The molecule has 3 nitrogen and oxygen atoms in total. The van der Waals surface area contributed by atoms with Crippen LogP contribution in [-0.4, -0.2) is 5.16 Å². The molecule has 1 heterocycles. The first kappa shape index (κ1) is 7.41. The average molecular weight is 161 g/mol. The third-order valence-corrected chi connectivity index (χ3v) is 1.56. The summed E-state index contributed by atoms with van der Waals surface area (Å²) in [6.07, 6.45) is 0. The number of aromatic nitrogens is 1. The lowest BCUT2D eigenvalue weighted by Gasteiger charge is -1.99. The van der Waals surface area contributed by atoms with E-state index in [-0.39, 0.29) is 5.92 Å². The summed E-state index contributed by atoms with van der Waals surface area (Å²) < 4.78 is 4.65. The average Bonchev–Trinajstić information content (AvgIpc) is 2.11. The van der Waals surface area contributed by atoms with E-state index in [0.29, 0.717) is 11.0 Å². The number of nitrogens with zero attached hydrogens (tertiary/aromatic N) is 1. The number of nitrogen functional groups attached to an aromatic ring is 1. The summed E-state index contributed by atoms with van der Waals surface area (Å²) in [5, 5.41) is 3.87. The third-order valence-electron chi connectivity index (χ3n) is 1.29. The molecular weight excluding hydrogens is 152 g/mol. The molecule has 0 saturated carbocycles. The molecular formula is C6H9ClN2O. The van der Waals surface area contributed by atoms with Crippen molar-refractivity contribution in [1.82, 2.24) is 5.16 Å². The Morgan fingerprint density at radius 1 is 1.60 bits per heavy atom. The Balaban J connectivity index is 3.10. The molecule has 0 spiro atoms. The van der Waals surface area contributed by atoms with Gasteiger partial charge < -0.3 is 10.3 Å². The SMILES string of the molecule is CC(C)c1c(Cl)noc1N. The lowest BCUT2D eigenvalue weighted by Crippen LogP contribution is -1.91. The van der Waals surface area contributed by atoms with E-state index in [1.807, 2.05) is 13.8 Å². The fourth-order valence-electron chi connectivity index (χ4n) is 0.812. The number of rotatable bonds is 1. The molecule has 0 aromatic carbocycles. The van der Waals surface area contributed by atoms with Crippen LogP contribution in [0, 0.1) is 0 Å². The van der Waals surface area contributed by atoms with E-state index in [1.54, 1.807) is 0 Å². The molecule has 0 aliphatic rings. The number of hydrogen-bond donors (Lipinski definition) is 1. The van der Waals surface area contributed by atoms with Gasteiger partial charge in [-0.25, -0.2) is 0 Å². The quantitative estimate of drug-likeness (QED) is 0.684. The van der Waals surface area contributed by atoms with Gasteiger partial charge in [0, 0.05) is 0 Å². The van der Waals surface area contributed by atoms with Crippen molar-refractivity contribution in [3.05, 3.63) is 10.7 Å². The standard InChI is InChI=1S/C6H9ClN2O/c1-3(2)4-5(7)9-10-6(4)8/h3H,8H2,1-2H3. The topological polar surface area (TPSA) is 52.0 Å². The van der Waals surface area contributed by atoms with Crippen molar-refractivity contribution in [2.45, 2.75) is 19.8 Å².